The molecular weight excluding hydrogens is 294 g/mol. The summed E-state index contributed by atoms with van der Waals surface area (Å²) in [7, 11) is 0. The zero-order valence-corrected chi connectivity index (χ0v) is 12.6. The van der Waals surface area contributed by atoms with E-state index in [2.05, 4.69) is 21.2 Å². The highest BCUT2D eigenvalue weighted by atomic mass is 79.9. The van der Waals surface area contributed by atoms with Gasteiger partial charge in [0.15, 0.2) is 0 Å². The number of hydrogen-bond acceptors (Lipinski definition) is 3. The maximum Gasteiger partial charge on any atom is 0.0914 e. The number of nitrogens with one attached hydrogen (secondary N) is 1. The smallest absolute Gasteiger partial charge is 0.0914 e. The summed E-state index contributed by atoms with van der Waals surface area (Å²) in [5.41, 5.74) is 0.586. The van der Waals surface area contributed by atoms with Gasteiger partial charge in [-0.15, -0.1) is 0 Å². The van der Waals surface area contributed by atoms with Crippen molar-refractivity contribution in [2.24, 2.45) is 0 Å². The number of aliphatic hydroxyl groups excluding tert-OH is 2. The van der Waals surface area contributed by atoms with Crippen LogP contribution in [0.25, 0.3) is 0 Å². The lowest BCUT2D eigenvalue weighted by molar-refractivity contribution is 0.114. The molecular formula is C14H22BrNO2. The molecule has 0 spiro atoms. The predicted octanol–water partition coefficient (Wildman–Crippen LogP) is 2.62. The van der Waals surface area contributed by atoms with Gasteiger partial charge in [-0.25, -0.2) is 0 Å². The lowest BCUT2D eigenvalue weighted by Gasteiger charge is -2.32. The van der Waals surface area contributed by atoms with Gasteiger partial charge in [-0.2, -0.15) is 0 Å². The Morgan fingerprint density at radius 2 is 2.00 bits per heavy atom. The minimum atomic E-state index is -0.563. The largest absolute Gasteiger partial charge is 0.394 e. The summed E-state index contributed by atoms with van der Waals surface area (Å²) in [6.07, 6.45) is 1.11. The molecule has 0 fully saturated rings. The van der Waals surface area contributed by atoms with Crippen LogP contribution in [0.15, 0.2) is 28.7 Å². The molecule has 1 unspecified atom stereocenters. The van der Waals surface area contributed by atoms with E-state index in [1.165, 1.54) is 0 Å². The van der Waals surface area contributed by atoms with Crippen LogP contribution in [-0.4, -0.2) is 28.9 Å². The van der Waals surface area contributed by atoms with Crippen molar-refractivity contribution in [2.75, 3.05) is 13.2 Å². The number of rotatable bonds is 7. The molecule has 1 aromatic carbocycles. The van der Waals surface area contributed by atoms with Crippen molar-refractivity contribution >= 4 is 15.9 Å². The van der Waals surface area contributed by atoms with E-state index in [-0.39, 0.29) is 12.1 Å². The second kappa shape index (κ2) is 7.24. The predicted molar refractivity (Wildman–Crippen MR) is 77.5 cm³/mol. The third-order valence-electron chi connectivity index (χ3n) is 3.56. The molecule has 3 N–H and O–H groups in total. The SMILES string of the molecule is CCC(CC)(CO)NCC(O)c1cccc(Br)c1. The van der Waals surface area contributed by atoms with Crippen molar-refractivity contribution in [3.63, 3.8) is 0 Å². The molecule has 0 radical (unpaired) electrons. The highest BCUT2D eigenvalue weighted by Gasteiger charge is 2.25. The van der Waals surface area contributed by atoms with Crippen LogP contribution in [0.4, 0.5) is 0 Å². The van der Waals surface area contributed by atoms with Crippen LogP contribution in [0.2, 0.25) is 0 Å². The Balaban J connectivity index is 2.62. The first-order valence-corrected chi connectivity index (χ1v) is 7.15. The minimum Gasteiger partial charge on any atom is -0.394 e. The summed E-state index contributed by atoms with van der Waals surface area (Å²) >= 11 is 3.39. The van der Waals surface area contributed by atoms with Gasteiger partial charge in [-0.1, -0.05) is 41.9 Å². The van der Waals surface area contributed by atoms with Crippen LogP contribution in [0, 0.1) is 0 Å². The molecule has 3 nitrogen and oxygen atoms in total. The fourth-order valence-corrected chi connectivity index (χ4v) is 2.34. The van der Waals surface area contributed by atoms with Crippen molar-refractivity contribution in [3.05, 3.63) is 34.3 Å². The first kappa shape index (κ1) is 15.6. The molecule has 4 heteroatoms. The van der Waals surface area contributed by atoms with Gasteiger partial charge in [-0.3, -0.25) is 0 Å². The number of halogens is 1. The highest BCUT2D eigenvalue weighted by molar-refractivity contribution is 9.10. The maximum atomic E-state index is 10.1. The second-order valence-electron chi connectivity index (χ2n) is 4.60. The topological polar surface area (TPSA) is 52.5 Å². The summed E-state index contributed by atoms with van der Waals surface area (Å²) in [4.78, 5) is 0. The summed E-state index contributed by atoms with van der Waals surface area (Å²) in [5.74, 6) is 0. The molecule has 0 aliphatic carbocycles. The fraction of sp³-hybridized carbons (Fsp3) is 0.571. The van der Waals surface area contributed by atoms with Gasteiger partial charge in [0, 0.05) is 16.6 Å². The molecule has 1 atom stereocenters. The zero-order valence-electron chi connectivity index (χ0n) is 11.0. The van der Waals surface area contributed by atoms with Gasteiger partial charge in [0.2, 0.25) is 0 Å². The van der Waals surface area contributed by atoms with E-state index >= 15 is 0 Å². The normalized spacial score (nSPS) is 13.6. The molecule has 18 heavy (non-hydrogen) atoms. The molecule has 1 rings (SSSR count). The first-order valence-electron chi connectivity index (χ1n) is 6.36. The minimum absolute atomic E-state index is 0.0885. The van der Waals surface area contributed by atoms with Crippen molar-refractivity contribution in [1.82, 2.24) is 5.32 Å². The molecule has 0 aromatic heterocycles. The molecule has 0 saturated heterocycles. The van der Waals surface area contributed by atoms with Crippen LogP contribution in [0.3, 0.4) is 0 Å². The van der Waals surface area contributed by atoms with Crippen LogP contribution in [-0.2, 0) is 0 Å². The van der Waals surface area contributed by atoms with E-state index in [0.717, 1.165) is 22.9 Å². The van der Waals surface area contributed by atoms with Crippen molar-refractivity contribution in [3.8, 4) is 0 Å². The van der Waals surface area contributed by atoms with E-state index in [1.807, 2.05) is 38.1 Å². The number of aliphatic hydroxyl groups is 2. The van der Waals surface area contributed by atoms with Gasteiger partial charge >= 0.3 is 0 Å². The monoisotopic (exact) mass is 315 g/mol. The van der Waals surface area contributed by atoms with Crippen molar-refractivity contribution in [2.45, 2.75) is 38.3 Å². The maximum absolute atomic E-state index is 10.1. The van der Waals surface area contributed by atoms with E-state index in [1.54, 1.807) is 0 Å². The number of benzene rings is 1. The number of β-amino-alcohol motifs (C(OH)–C–C–N with tert-alkyl or cyclic N) is 1. The van der Waals surface area contributed by atoms with Crippen LogP contribution >= 0.6 is 15.9 Å². The van der Waals surface area contributed by atoms with Gasteiger partial charge in [-0.05, 0) is 30.5 Å². The Labute approximate surface area is 117 Å². The highest BCUT2D eigenvalue weighted by Crippen LogP contribution is 2.20. The van der Waals surface area contributed by atoms with Gasteiger partial charge in [0.05, 0.1) is 12.7 Å². The lowest BCUT2D eigenvalue weighted by Crippen LogP contribution is -2.49. The molecule has 0 aliphatic heterocycles. The molecule has 0 bridgehead atoms. The molecule has 1 aromatic rings. The Morgan fingerprint density at radius 3 is 2.50 bits per heavy atom. The zero-order chi connectivity index (χ0) is 13.6. The van der Waals surface area contributed by atoms with Gasteiger partial charge in [0.1, 0.15) is 0 Å². The Kier molecular flexibility index (Phi) is 6.29. The average molecular weight is 316 g/mol. The van der Waals surface area contributed by atoms with E-state index in [0.29, 0.717) is 6.54 Å². The standard InChI is InChI=1S/C14H22BrNO2/c1-3-14(4-2,10-17)16-9-13(18)11-6-5-7-12(15)8-11/h5-8,13,16-18H,3-4,9-10H2,1-2H3. The van der Waals surface area contributed by atoms with E-state index in [9.17, 15) is 10.2 Å². The molecule has 102 valence electrons. The second-order valence-corrected chi connectivity index (χ2v) is 5.51. The third kappa shape index (κ3) is 4.05. The van der Waals surface area contributed by atoms with Crippen molar-refractivity contribution in [1.29, 1.82) is 0 Å². The van der Waals surface area contributed by atoms with Crippen LogP contribution in [0.5, 0.6) is 0 Å². The lowest BCUT2D eigenvalue weighted by atomic mass is 9.93. The fourth-order valence-electron chi connectivity index (χ4n) is 1.92. The average Bonchev–Trinajstić information content (AvgIpc) is 2.40. The summed E-state index contributed by atoms with van der Waals surface area (Å²) in [6.45, 7) is 4.61. The third-order valence-corrected chi connectivity index (χ3v) is 4.05. The Bertz CT molecular complexity index is 358. The summed E-state index contributed by atoms with van der Waals surface area (Å²) < 4.78 is 0.957. The molecule has 0 saturated carbocycles. The Morgan fingerprint density at radius 1 is 1.33 bits per heavy atom. The van der Waals surface area contributed by atoms with Gasteiger partial charge < -0.3 is 15.5 Å². The molecule has 0 amide bonds. The van der Waals surface area contributed by atoms with Crippen LogP contribution in [0.1, 0.15) is 38.4 Å². The first-order chi connectivity index (χ1) is 8.56. The number of hydrogen-bond donors (Lipinski definition) is 3. The Hall–Kier alpha value is -0.420. The summed E-state index contributed by atoms with van der Waals surface area (Å²) in [5, 5.41) is 22.9. The molecule has 0 heterocycles. The van der Waals surface area contributed by atoms with E-state index < -0.39 is 6.10 Å². The van der Waals surface area contributed by atoms with Crippen LogP contribution < -0.4 is 5.32 Å². The quantitative estimate of drug-likeness (QED) is 0.725. The van der Waals surface area contributed by atoms with Gasteiger partial charge in [0.25, 0.3) is 0 Å². The summed E-state index contributed by atoms with van der Waals surface area (Å²) in [6, 6.07) is 7.64. The molecule has 0 aliphatic rings. The van der Waals surface area contributed by atoms with E-state index in [4.69, 9.17) is 0 Å². The van der Waals surface area contributed by atoms with Crippen molar-refractivity contribution < 1.29 is 10.2 Å².